The van der Waals surface area contributed by atoms with Crippen LogP contribution in [0.4, 0.5) is 0 Å². The fourth-order valence-corrected chi connectivity index (χ4v) is 3.11. The molecule has 17 heavy (non-hydrogen) atoms. The van der Waals surface area contributed by atoms with Crippen LogP contribution >= 0.6 is 0 Å². The van der Waals surface area contributed by atoms with E-state index in [0.29, 0.717) is 5.92 Å². The van der Waals surface area contributed by atoms with Gasteiger partial charge in [0.1, 0.15) is 5.82 Å². The van der Waals surface area contributed by atoms with Crippen LogP contribution in [0.25, 0.3) is 11.4 Å². The highest BCUT2D eigenvalue weighted by molar-refractivity contribution is 5.53. The second-order valence-electron chi connectivity index (χ2n) is 5.33. The number of aromatic nitrogens is 3. The van der Waals surface area contributed by atoms with Crippen LogP contribution in [-0.2, 0) is 0 Å². The average molecular weight is 225 g/mol. The van der Waals surface area contributed by atoms with Gasteiger partial charge < -0.3 is 0 Å². The van der Waals surface area contributed by atoms with Crippen LogP contribution in [0.3, 0.4) is 0 Å². The highest BCUT2D eigenvalue weighted by Gasteiger charge is 2.47. The fourth-order valence-electron chi connectivity index (χ4n) is 3.11. The van der Waals surface area contributed by atoms with Gasteiger partial charge in [0.05, 0.1) is 0 Å². The summed E-state index contributed by atoms with van der Waals surface area (Å²) in [4.78, 5) is 4.65. The van der Waals surface area contributed by atoms with E-state index in [4.69, 9.17) is 0 Å². The number of nitrogens with one attached hydrogen (secondary N) is 1. The average Bonchev–Trinajstić information content (AvgIpc) is 2.85. The molecule has 0 spiro atoms. The van der Waals surface area contributed by atoms with Gasteiger partial charge >= 0.3 is 0 Å². The van der Waals surface area contributed by atoms with Gasteiger partial charge in [-0.2, -0.15) is 5.10 Å². The van der Waals surface area contributed by atoms with Crippen LogP contribution in [0.2, 0.25) is 0 Å². The van der Waals surface area contributed by atoms with E-state index in [9.17, 15) is 0 Å². The van der Waals surface area contributed by atoms with Gasteiger partial charge in [0.2, 0.25) is 0 Å². The zero-order chi connectivity index (χ0) is 11.2. The van der Waals surface area contributed by atoms with Gasteiger partial charge in [-0.05, 0) is 31.1 Å². The minimum Gasteiger partial charge on any atom is -0.262 e. The van der Waals surface area contributed by atoms with E-state index >= 15 is 0 Å². The maximum absolute atomic E-state index is 4.65. The third-order valence-electron chi connectivity index (χ3n) is 4.16. The van der Waals surface area contributed by atoms with Gasteiger partial charge in [0, 0.05) is 11.5 Å². The molecule has 86 valence electrons. The summed E-state index contributed by atoms with van der Waals surface area (Å²) in [6.07, 6.45) is 4.08. The molecule has 2 aliphatic carbocycles. The van der Waals surface area contributed by atoms with Crippen LogP contribution in [0.15, 0.2) is 30.3 Å². The Morgan fingerprint density at radius 1 is 1.00 bits per heavy atom. The largest absolute Gasteiger partial charge is 0.262 e. The second-order valence-corrected chi connectivity index (χ2v) is 5.33. The first-order valence-electron chi connectivity index (χ1n) is 6.38. The smallest absolute Gasteiger partial charge is 0.181 e. The lowest BCUT2D eigenvalue weighted by Gasteiger charge is -2.05. The SMILES string of the molecule is c1ccc(-c2n[nH]c(C3CC4CC4C3)n2)cc1. The number of H-pyrrole nitrogens is 1. The van der Waals surface area contributed by atoms with Gasteiger partial charge in [-0.15, -0.1) is 0 Å². The van der Waals surface area contributed by atoms with Crippen LogP contribution in [0.5, 0.6) is 0 Å². The van der Waals surface area contributed by atoms with E-state index in [-0.39, 0.29) is 0 Å². The summed E-state index contributed by atoms with van der Waals surface area (Å²) in [5.41, 5.74) is 1.10. The molecule has 2 saturated carbocycles. The van der Waals surface area contributed by atoms with Crippen LogP contribution in [0.1, 0.15) is 31.0 Å². The summed E-state index contributed by atoms with van der Waals surface area (Å²) in [7, 11) is 0. The molecule has 0 bridgehead atoms. The zero-order valence-electron chi connectivity index (χ0n) is 9.63. The number of rotatable bonds is 2. The Kier molecular flexibility index (Phi) is 1.89. The van der Waals surface area contributed by atoms with E-state index in [1.165, 1.54) is 19.3 Å². The standard InChI is InChI=1S/C14H15N3/c1-2-4-9(5-3-1)13-15-14(17-16-13)12-7-10-6-11(10)8-12/h1-5,10-12H,6-8H2,(H,15,16,17). The molecule has 4 rings (SSSR count). The number of benzene rings is 1. The van der Waals surface area contributed by atoms with Crippen molar-refractivity contribution in [3.63, 3.8) is 0 Å². The predicted octanol–water partition coefficient (Wildman–Crippen LogP) is 2.99. The monoisotopic (exact) mass is 225 g/mol. The van der Waals surface area contributed by atoms with Crippen LogP contribution < -0.4 is 0 Å². The van der Waals surface area contributed by atoms with Gasteiger partial charge in [-0.3, -0.25) is 5.10 Å². The molecule has 3 nitrogen and oxygen atoms in total. The highest BCUT2D eigenvalue weighted by Crippen LogP contribution is 2.56. The Labute approximate surface area is 100 Å². The molecule has 1 aromatic heterocycles. The van der Waals surface area contributed by atoms with E-state index in [1.807, 2.05) is 18.2 Å². The summed E-state index contributed by atoms with van der Waals surface area (Å²) >= 11 is 0. The van der Waals surface area contributed by atoms with Crippen molar-refractivity contribution < 1.29 is 0 Å². The zero-order valence-corrected chi connectivity index (χ0v) is 9.63. The van der Waals surface area contributed by atoms with Crippen molar-refractivity contribution in [2.75, 3.05) is 0 Å². The molecular formula is C14H15N3. The highest BCUT2D eigenvalue weighted by atomic mass is 15.2. The molecule has 0 saturated heterocycles. The molecule has 2 aromatic rings. The van der Waals surface area contributed by atoms with Gasteiger partial charge in [-0.1, -0.05) is 30.3 Å². The summed E-state index contributed by atoms with van der Waals surface area (Å²) < 4.78 is 0. The molecule has 0 amide bonds. The molecule has 3 heteroatoms. The predicted molar refractivity (Wildman–Crippen MR) is 65.4 cm³/mol. The van der Waals surface area contributed by atoms with Crippen molar-refractivity contribution >= 4 is 0 Å². The van der Waals surface area contributed by atoms with Crippen LogP contribution in [0, 0.1) is 11.8 Å². The summed E-state index contributed by atoms with van der Waals surface area (Å²) in [6.45, 7) is 0. The lowest BCUT2D eigenvalue weighted by atomic mass is 10.0. The number of nitrogens with zero attached hydrogens (tertiary/aromatic N) is 2. The minimum atomic E-state index is 0.628. The number of hydrogen-bond acceptors (Lipinski definition) is 2. The summed E-state index contributed by atoms with van der Waals surface area (Å²) in [6, 6.07) is 10.2. The Bertz CT molecular complexity index is 521. The molecule has 1 aromatic carbocycles. The fraction of sp³-hybridized carbons (Fsp3) is 0.429. The first-order valence-corrected chi connectivity index (χ1v) is 6.38. The van der Waals surface area contributed by atoms with Crippen molar-refractivity contribution in [1.29, 1.82) is 0 Å². The number of hydrogen-bond donors (Lipinski definition) is 1. The molecule has 1 heterocycles. The van der Waals surface area contributed by atoms with Gasteiger partial charge in [-0.25, -0.2) is 4.98 Å². The van der Waals surface area contributed by atoms with Gasteiger partial charge in [0.25, 0.3) is 0 Å². The Balaban J connectivity index is 1.61. The van der Waals surface area contributed by atoms with Crippen molar-refractivity contribution in [3.05, 3.63) is 36.2 Å². The maximum atomic E-state index is 4.65. The molecule has 0 radical (unpaired) electrons. The third kappa shape index (κ3) is 1.57. The first kappa shape index (κ1) is 9.40. The van der Waals surface area contributed by atoms with E-state index < -0.39 is 0 Å². The second kappa shape index (κ2) is 3.42. The summed E-state index contributed by atoms with van der Waals surface area (Å²) in [5, 5.41) is 7.46. The molecule has 2 unspecified atom stereocenters. The van der Waals surface area contributed by atoms with Crippen LogP contribution in [-0.4, -0.2) is 15.2 Å². The van der Waals surface area contributed by atoms with Crippen molar-refractivity contribution in [2.45, 2.75) is 25.2 Å². The lowest BCUT2D eigenvalue weighted by Crippen LogP contribution is -1.98. The molecule has 0 aliphatic heterocycles. The Morgan fingerprint density at radius 2 is 1.76 bits per heavy atom. The maximum Gasteiger partial charge on any atom is 0.181 e. The number of aromatic amines is 1. The topological polar surface area (TPSA) is 41.6 Å². The van der Waals surface area contributed by atoms with E-state index in [1.54, 1.807) is 0 Å². The Hall–Kier alpha value is -1.64. The van der Waals surface area contributed by atoms with Gasteiger partial charge in [0.15, 0.2) is 5.82 Å². The molecule has 2 atom stereocenters. The molecule has 2 fully saturated rings. The lowest BCUT2D eigenvalue weighted by molar-refractivity contribution is 0.592. The molecule has 2 aliphatic rings. The molecular weight excluding hydrogens is 210 g/mol. The third-order valence-corrected chi connectivity index (χ3v) is 4.16. The summed E-state index contributed by atoms with van der Waals surface area (Å²) in [5.74, 6) is 4.54. The number of fused-ring (bicyclic) bond motifs is 1. The van der Waals surface area contributed by atoms with Crippen molar-refractivity contribution in [1.82, 2.24) is 15.2 Å². The quantitative estimate of drug-likeness (QED) is 0.853. The normalized spacial score (nSPS) is 30.2. The minimum absolute atomic E-state index is 0.628. The van der Waals surface area contributed by atoms with Crippen molar-refractivity contribution in [3.8, 4) is 11.4 Å². The molecule has 1 N–H and O–H groups in total. The first-order chi connectivity index (χ1) is 8.40. The van der Waals surface area contributed by atoms with E-state index in [0.717, 1.165) is 29.0 Å². The Morgan fingerprint density at radius 3 is 2.53 bits per heavy atom. The van der Waals surface area contributed by atoms with Crippen molar-refractivity contribution in [2.24, 2.45) is 11.8 Å². The van der Waals surface area contributed by atoms with E-state index in [2.05, 4.69) is 27.3 Å².